The summed E-state index contributed by atoms with van der Waals surface area (Å²) < 4.78 is 0. The fourth-order valence-corrected chi connectivity index (χ4v) is 1.08. The van der Waals surface area contributed by atoms with Crippen LogP contribution in [-0.2, 0) is 6.42 Å². The predicted octanol–water partition coefficient (Wildman–Crippen LogP) is 2.21. The summed E-state index contributed by atoms with van der Waals surface area (Å²) in [4.78, 5) is 12.5. The molecule has 2 heterocycles. The lowest BCUT2D eigenvalue weighted by Crippen LogP contribution is -1.92. The van der Waals surface area contributed by atoms with Gasteiger partial charge in [-0.15, -0.1) is 24.0 Å². The van der Waals surface area contributed by atoms with E-state index in [1.54, 1.807) is 12.4 Å². The number of hydrogen-bond acceptors (Lipinski definition) is 3. The zero-order valence-electron chi connectivity index (χ0n) is 7.27. The highest BCUT2D eigenvalue weighted by molar-refractivity contribution is 14.0. The summed E-state index contributed by atoms with van der Waals surface area (Å²) in [5, 5.41) is 0.995. The first kappa shape index (κ1) is 10.3. The van der Waals surface area contributed by atoms with Crippen LogP contribution in [0.5, 0.6) is 0 Å². The molecular formula is C9H10IN3. The molecule has 0 spiro atoms. The van der Waals surface area contributed by atoms with Crippen LogP contribution in [0.4, 0.5) is 0 Å². The Morgan fingerprint density at radius 1 is 1.31 bits per heavy atom. The molecule has 3 nitrogen and oxygen atoms in total. The Bertz CT molecular complexity index is 403. The summed E-state index contributed by atoms with van der Waals surface area (Å²) in [7, 11) is 0. The average molecular weight is 287 g/mol. The zero-order valence-corrected chi connectivity index (χ0v) is 9.60. The van der Waals surface area contributed by atoms with E-state index in [1.807, 2.05) is 19.2 Å². The molecule has 2 aromatic heterocycles. The Morgan fingerprint density at radius 3 is 2.92 bits per heavy atom. The van der Waals surface area contributed by atoms with Crippen LogP contribution in [0.2, 0.25) is 0 Å². The van der Waals surface area contributed by atoms with Crippen molar-refractivity contribution in [1.29, 1.82) is 0 Å². The maximum Gasteiger partial charge on any atom is 0.128 e. The first-order valence-corrected chi connectivity index (χ1v) is 3.96. The molecule has 0 radical (unpaired) electrons. The van der Waals surface area contributed by atoms with E-state index in [1.165, 1.54) is 0 Å². The average Bonchev–Trinajstić information content (AvgIpc) is 2.17. The van der Waals surface area contributed by atoms with Gasteiger partial charge in [-0.2, -0.15) is 0 Å². The van der Waals surface area contributed by atoms with E-state index >= 15 is 0 Å². The molecule has 0 saturated heterocycles. The van der Waals surface area contributed by atoms with Gasteiger partial charge in [0.2, 0.25) is 0 Å². The van der Waals surface area contributed by atoms with Gasteiger partial charge in [0.1, 0.15) is 5.82 Å². The van der Waals surface area contributed by atoms with Crippen LogP contribution >= 0.6 is 24.0 Å². The minimum atomic E-state index is 0. The Hall–Kier alpha value is -0.780. The SMILES string of the molecule is CCc1ncc2cnccc2n1.I. The number of aromatic nitrogens is 3. The van der Waals surface area contributed by atoms with Gasteiger partial charge in [0.25, 0.3) is 0 Å². The van der Waals surface area contributed by atoms with Gasteiger partial charge < -0.3 is 0 Å². The summed E-state index contributed by atoms with van der Waals surface area (Å²) in [6.07, 6.45) is 6.20. The highest BCUT2D eigenvalue weighted by Crippen LogP contribution is 2.07. The fraction of sp³-hybridized carbons (Fsp3) is 0.222. The largest absolute Gasteiger partial charge is 0.264 e. The molecule has 2 aromatic rings. The molecule has 4 heteroatoms. The molecule has 0 aromatic carbocycles. The Balaban J connectivity index is 0.000000845. The first-order valence-electron chi connectivity index (χ1n) is 3.96. The van der Waals surface area contributed by atoms with E-state index in [0.717, 1.165) is 23.1 Å². The third-order valence-corrected chi connectivity index (χ3v) is 1.75. The Labute approximate surface area is 93.6 Å². The summed E-state index contributed by atoms with van der Waals surface area (Å²) in [6.45, 7) is 2.04. The van der Waals surface area contributed by atoms with Crippen LogP contribution in [0.15, 0.2) is 24.7 Å². The third-order valence-electron chi connectivity index (χ3n) is 1.75. The van der Waals surface area contributed by atoms with Crippen LogP contribution in [0.1, 0.15) is 12.7 Å². The van der Waals surface area contributed by atoms with Crippen molar-refractivity contribution in [2.24, 2.45) is 0 Å². The van der Waals surface area contributed by atoms with Gasteiger partial charge in [0, 0.05) is 30.4 Å². The van der Waals surface area contributed by atoms with E-state index in [-0.39, 0.29) is 24.0 Å². The van der Waals surface area contributed by atoms with Gasteiger partial charge in [-0.05, 0) is 6.07 Å². The van der Waals surface area contributed by atoms with Crippen molar-refractivity contribution in [2.45, 2.75) is 13.3 Å². The van der Waals surface area contributed by atoms with Crippen molar-refractivity contribution in [3.05, 3.63) is 30.5 Å². The number of nitrogens with zero attached hydrogens (tertiary/aromatic N) is 3. The molecular weight excluding hydrogens is 277 g/mol. The summed E-state index contributed by atoms with van der Waals surface area (Å²) >= 11 is 0. The Kier molecular flexibility index (Phi) is 3.53. The van der Waals surface area contributed by atoms with Crippen molar-refractivity contribution in [2.75, 3.05) is 0 Å². The molecule has 0 atom stereocenters. The van der Waals surface area contributed by atoms with E-state index in [4.69, 9.17) is 0 Å². The number of halogens is 1. The van der Waals surface area contributed by atoms with Crippen LogP contribution in [-0.4, -0.2) is 15.0 Å². The van der Waals surface area contributed by atoms with E-state index in [9.17, 15) is 0 Å². The topological polar surface area (TPSA) is 38.7 Å². The minimum absolute atomic E-state index is 0. The molecule has 0 aliphatic rings. The fourth-order valence-electron chi connectivity index (χ4n) is 1.08. The first-order chi connectivity index (χ1) is 5.90. The highest BCUT2D eigenvalue weighted by Gasteiger charge is 1.95. The smallest absolute Gasteiger partial charge is 0.128 e. The molecule has 0 fully saturated rings. The van der Waals surface area contributed by atoms with Crippen molar-refractivity contribution >= 4 is 34.9 Å². The van der Waals surface area contributed by atoms with E-state index in [0.29, 0.717) is 0 Å². The molecule has 0 unspecified atom stereocenters. The zero-order chi connectivity index (χ0) is 8.39. The van der Waals surface area contributed by atoms with Gasteiger partial charge in [0.15, 0.2) is 0 Å². The number of aryl methyl sites for hydroxylation is 1. The molecule has 0 saturated carbocycles. The number of pyridine rings is 1. The van der Waals surface area contributed by atoms with Gasteiger partial charge in [-0.1, -0.05) is 6.92 Å². The van der Waals surface area contributed by atoms with Crippen molar-refractivity contribution in [3.8, 4) is 0 Å². The van der Waals surface area contributed by atoms with Gasteiger partial charge in [-0.25, -0.2) is 9.97 Å². The van der Waals surface area contributed by atoms with Gasteiger partial charge >= 0.3 is 0 Å². The normalized spacial score (nSPS) is 9.62. The lowest BCUT2D eigenvalue weighted by molar-refractivity contribution is 0.960. The standard InChI is InChI=1S/C9H9N3.HI/c1-2-9-11-6-7-5-10-4-3-8(7)12-9;/h3-6H,2H2,1H3;1H. The predicted molar refractivity (Wildman–Crippen MR) is 62.1 cm³/mol. The molecule has 13 heavy (non-hydrogen) atoms. The molecule has 0 aliphatic carbocycles. The summed E-state index contributed by atoms with van der Waals surface area (Å²) in [5.41, 5.74) is 0.969. The van der Waals surface area contributed by atoms with Crippen LogP contribution < -0.4 is 0 Å². The summed E-state index contributed by atoms with van der Waals surface area (Å²) in [6, 6.07) is 1.90. The Morgan fingerprint density at radius 2 is 2.15 bits per heavy atom. The van der Waals surface area contributed by atoms with E-state index in [2.05, 4.69) is 15.0 Å². The molecule has 0 amide bonds. The van der Waals surface area contributed by atoms with Crippen molar-refractivity contribution in [1.82, 2.24) is 15.0 Å². The molecule has 0 aliphatic heterocycles. The number of fused-ring (bicyclic) bond motifs is 1. The monoisotopic (exact) mass is 287 g/mol. The number of hydrogen-bond donors (Lipinski definition) is 0. The van der Waals surface area contributed by atoms with Crippen molar-refractivity contribution < 1.29 is 0 Å². The van der Waals surface area contributed by atoms with Crippen LogP contribution in [0, 0.1) is 0 Å². The van der Waals surface area contributed by atoms with Crippen molar-refractivity contribution in [3.63, 3.8) is 0 Å². The maximum atomic E-state index is 4.34. The molecule has 2 rings (SSSR count). The molecule has 0 bridgehead atoms. The summed E-state index contributed by atoms with van der Waals surface area (Å²) in [5.74, 6) is 0.883. The number of rotatable bonds is 1. The quantitative estimate of drug-likeness (QED) is 0.755. The second-order valence-electron chi connectivity index (χ2n) is 2.57. The van der Waals surface area contributed by atoms with Gasteiger partial charge in [-0.3, -0.25) is 4.98 Å². The maximum absolute atomic E-state index is 4.34. The second-order valence-corrected chi connectivity index (χ2v) is 2.57. The van der Waals surface area contributed by atoms with Gasteiger partial charge in [0.05, 0.1) is 5.52 Å². The lowest BCUT2D eigenvalue weighted by Gasteiger charge is -1.97. The molecule has 0 N–H and O–H groups in total. The minimum Gasteiger partial charge on any atom is -0.264 e. The molecule has 68 valence electrons. The van der Waals surface area contributed by atoms with E-state index < -0.39 is 0 Å². The van der Waals surface area contributed by atoms with Crippen LogP contribution in [0.3, 0.4) is 0 Å². The second kappa shape index (κ2) is 4.45. The highest BCUT2D eigenvalue weighted by atomic mass is 127. The third kappa shape index (κ3) is 2.12. The van der Waals surface area contributed by atoms with Crippen LogP contribution in [0.25, 0.3) is 10.9 Å². The lowest BCUT2D eigenvalue weighted by atomic mass is 10.3.